The molecule has 0 atom stereocenters. The maximum Gasteiger partial charge on any atom is 0.335 e. The number of halogens is 1. The number of imide groups is 2. The number of urea groups is 1. The van der Waals surface area contributed by atoms with E-state index in [1.807, 2.05) is 50.2 Å². The topological polar surface area (TPSA) is 75.7 Å². The van der Waals surface area contributed by atoms with Gasteiger partial charge in [0.25, 0.3) is 11.8 Å². The Kier molecular flexibility index (Phi) is 6.27. The average molecular weight is 495 g/mol. The molecule has 1 heterocycles. The van der Waals surface area contributed by atoms with E-state index < -0.39 is 17.8 Å². The summed E-state index contributed by atoms with van der Waals surface area (Å²) < 4.78 is 19.4. The predicted molar refractivity (Wildman–Crippen MR) is 140 cm³/mol. The van der Waals surface area contributed by atoms with Crippen LogP contribution in [0.1, 0.15) is 22.3 Å². The van der Waals surface area contributed by atoms with Gasteiger partial charge in [-0.3, -0.25) is 14.9 Å². The molecule has 1 N–H and O–H groups in total. The number of rotatable bonds is 5. The van der Waals surface area contributed by atoms with Gasteiger partial charge in [-0.1, -0.05) is 48.5 Å². The molecular weight excluding hydrogens is 471 g/mol. The van der Waals surface area contributed by atoms with E-state index in [0.717, 1.165) is 32.4 Å². The van der Waals surface area contributed by atoms with E-state index in [2.05, 4.69) is 5.32 Å². The molecule has 1 aliphatic rings. The quantitative estimate of drug-likeness (QED) is 0.279. The third kappa shape index (κ3) is 4.84. The van der Waals surface area contributed by atoms with Crippen LogP contribution < -0.4 is 15.0 Å². The van der Waals surface area contributed by atoms with E-state index >= 15 is 0 Å². The Balaban J connectivity index is 1.58. The van der Waals surface area contributed by atoms with Crippen molar-refractivity contribution in [3.63, 3.8) is 0 Å². The first-order valence-electron chi connectivity index (χ1n) is 11.7. The molecule has 37 heavy (non-hydrogen) atoms. The number of aryl methyl sites for hydroxylation is 2. The minimum atomic E-state index is -0.803. The van der Waals surface area contributed by atoms with Crippen LogP contribution in [0.25, 0.3) is 16.8 Å². The van der Waals surface area contributed by atoms with Gasteiger partial charge in [-0.15, -0.1) is 0 Å². The van der Waals surface area contributed by atoms with Gasteiger partial charge in [-0.25, -0.2) is 14.1 Å². The van der Waals surface area contributed by atoms with Crippen LogP contribution in [0.4, 0.5) is 14.9 Å². The van der Waals surface area contributed by atoms with Crippen molar-refractivity contribution < 1.29 is 23.5 Å². The van der Waals surface area contributed by atoms with Gasteiger partial charge in [0.15, 0.2) is 0 Å². The van der Waals surface area contributed by atoms with Crippen molar-refractivity contribution in [1.82, 2.24) is 5.32 Å². The second kappa shape index (κ2) is 9.70. The average Bonchev–Trinajstić information content (AvgIpc) is 2.86. The summed E-state index contributed by atoms with van der Waals surface area (Å²) in [4.78, 5) is 40.1. The molecule has 0 saturated carbocycles. The van der Waals surface area contributed by atoms with Crippen LogP contribution in [0.3, 0.4) is 0 Å². The van der Waals surface area contributed by atoms with Crippen LogP contribution >= 0.6 is 0 Å². The second-order valence-corrected chi connectivity index (χ2v) is 8.92. The molecule has 0 aromatic heterocycles. The summed E-state index contributed by atoms with van der Waals surface area (Å²) in [6.45, 7) is 3.89. The number of hydrogen-bond acceptors (Lipinski definition) is 4. The normalized spacial score (nSPS) is 14.8. The Morgan fingerprint density at radius 2 is 1.59 bits per heavy atom. The van der Waals surface area contributed by atoms with Crippen molar-refractivity contribution in [2.75, 3.05) is 4.90 Å². The highest BCUT2D eigenvalue weighted by Crippen LogP contribution is 2.32. The van der Waals surface area contributed by atoms with Crippen molar-refractivity contribution in [2.24, 2.45) is 0 Å². The molecule has 6 nitrogen and oxygen atoms in total. The standard InChI is InChI=1S/C30H23FN2O4/c1-18-13-19(2)15-23(14-18)33-29(35)26(28(34)32-30(33)36)16-25-24-6-4-3-5-21(24)9-12-27(25)37-17-20-7-10-22(31)11-8-20/h3-16H,17H2,1-2H3,(H,32,34,36)/b26-16+. The number of nitrogens with one attached hydrogen (secondary N) is 1. The highest BCUT2D eigenvalue weighted by molar-refractivity contribution is 6.39. The van der Waals surface area contributed by atoms with Crippen molar-refractivity contribution >= 4 is 40.4 Å². The smallest absolute Gasteiger partial charge is 0.335 e. The summed E-state index contributed by atoms with van der Waals surface area (Å²) in [6.07, 6.45) is 1.46. The van der Waals surface area contributed by atoms with Gasteiger partial charge in [-0.2, -0.15) is 0 Å². The predicted octanol–water partition coefficient (Wildman–Crippen LogP) is 5.84. The Morgan fingerprint density at radius 1 is 0.892 bits per heavy atom. The van der Waals surface area contributed by atoms with Crippen molar-refractivity contribution in [2.45, 2.75) is 20.5 Å². The van der Waals surface area contributed by atoms with Crippen molar-refractivity contribution in [3.8, 4) is 5.75 Å². The van der Waals surface area contributed by atoms with Crippen LogP contribution in [0.5, 0.6) is 5.75 Å². The molecule has 1 saturated heterocycles. The lowest BCUT2D eigenvalue weighted by molar-refractivity contribution is -0.122. The number of benzene rings is 4. The third-order valence-electron chi connectivity index (χ3n) is 6.09. The van der Waals surface area contributed by atoms with Crippen LogP contribution in [0, 0.1) is 19.7 Å². The van der Waals surface area contributed by atoms with Gasteiger partial charge in [0.05, 0.1) is 5.69 Å². The molecule has 5 rings (SSSR count). The van der Waals surface area contributed by atoms with Gasteiger partial charge in [0.2, 0.25) is 0 Å². The summed E-state index contributed by atoms with van der Waals surface area (Å²) in [5.74, 6) is -1.42. The van der Waals surface area contributed by atoms with Crippen LogP contribution in [-0.4, -0.2) is 17.8 Å². The number of fused-ring (bicyclic) bond motifs is 1. The first kappa shape index (κ1) is 23.9. The fraction of sp³-hybridized carbons (Fsp3) is 0.100. The van der Waals surface area contributed by atoms with Crippen molar-refractivity contribution in [3.05, 3.63) is 113 Å². The molecule has 184 valence electrons. The van der Waals surface area contributed by atoms with E-state index in [1.165, 1.54) is 18.2 Å². The lowest BCUT2D eigenvalue weighted by Crippen LogP contribution is -2.54. The largest absolute Gasteiger partial charge is 0.488 e. The number of hydrogen-bond donors (Lipinski definition) is 1. The molecule has 4 aromatic carbocycles. The number of ether oxygens (including phenoxy) is 1. The number of amides is 4. The molecule has 1 aliphatic heterocycles. The maximum atomic E-state index is 13.5. The molecule has 0 unspecified atom stereocenters. The fourth-order valence-corrected chi connectivity index (χ4v) is 4.41. The van der Waals surface area contributed by atoms with E-state index in [-0.39, 0.29) is 18.0 Å². The lowest BCUT2D eigenvalue weighted by Gasteiger charge is -2.27. The summed E-state index contributed by atoms with van der Waals surface area (Å²) >= 11 is 0. The number of carbonyl (C=O) groups excluding carboxylic acids is 3. The molecule has 1 fully saturated rings. The van der Waals surface area contributed by atoms with Crippen LogP contribution in [0.15, 0.2) is 84.4 Å². The van der Waals surface area contributed by atoms with E-state index in [0.29, 0.717) is 17.0 Å². The summed E-state index contributed by atoms with van der Waals surface area (Å²) in [7, 11) is 0. The zero-order valence-electron chi connectivity index (χ0n) is 20.2. The van der Waals surface area contributed by atoms with Crippen LogP contribution in [-0.2, 0) is 16.2 Å². The molecule has 4 aromatic rings. The first-order chi connectivity index (χ1) is 17.8. The van der Waals surface area contributed by atoms with Gasteiger partial charge in [-0.05, 0) is 77.7 Å². The second-order valence-electron chi connectivity index (χ2n) is 8.92. The van der Waals surface area contributed by atoms with E-state index in [9.17, 15) is 18.8 Å². The Morgan fingerprint density at radius 3 is 2.32 bits per heavy atom. The van der Waals surface area contributed by atoms with E-state index in [1.54, 1.807) is 30.3 Å². The van der Waals surface area contributed by atoms with Crippen molar-refractivity contribution in [1.29, 1.82) is 0 Å². The SMILES string of the molecule is Cc1cc(C)cc(N2C(=O)NC(=O)/C(=C\c3c(OCc4ccc(F)cc4)ccc4ccccc34)C2=O)c1. The molecule has 7 heteroatoms. The molecular formula is C30H23FN2O4. The number of carbonyl (C=O) groups is 3. The number of nitrogens with zero attached hydrogens (tertiary/aromatic N) is 1. The van der Waals surface area contributed by atoms with E-state index in [4.69, 9.17) is 4.74 Å². The lowest BCUT2D eigenvalue weighted by atomic mass is 9.99. The fourth-order valence-electron chi connectivity index (χ4n) is 4.41. The molecule has 0 spiro atoms. The summed E-state index contributed by atoms with van der Waals surface area (Å²) in [5, 5.41) is 3.93. The van der Waals surface area contributed by atoms with Gasteiger partial charge >= 0.3 is 6.03 Å². The Labute approximate surface area is 213 Å². The first-order valence-corrected chi connectivity index (χ1v) is 11.7. The third-order valence-corrected chi connectivity index (χ3v) is 6.09. The Hall–Kier alpha value is -4.78. The molecule has 0 radical (unpaired) electrons. The zero-order chi connectivity index (χ0) is 26.1. The molecule has 4 amide bonds. The van der Waals surface area contributed by atoms with Gasteiger partial charge in [0, 0.05) is 5.56 Å². The molecule has 0 bridgehead atoms. The minimum absolute atomic E-state index is 0.155. The number of anilines is 1. The highest BCUT2D eigenvalue weighted by Gasteiger charge is 2.37. The number of barbiturate groups is 1. The zero-order valence-corrected chi connectivity index (χ0v) is 20.2. The van der Waals surface area contributed by atoms with Crippen LogP contribution in [0.2, 0.25) is 0 Å². The minimum Gasteiger partial charge on any atom is -0.488 e. The summed E-state index contributed by atoms with van der Waals surface area (Å²) in [5.41, 5.74) is 3.22. The monoisotopic (exact) mass is 494 g/mol. The van der Waals surface area contributed by atoms with Gasteiger partial charge < -0.3 is 4.74 Å². The molecule has 0 aliphatic carbocycles. The maximum absolute atomic E-state index is 13.5. The highest BCUT2D eigenvalue weighted by atomic mass is 19.1. The van der Waals surface area contributed by atoms with Gasteiger partial charge in [0.1, 0.15) is 23.7 Å². The Bertz CT molecular complexity index is 1570. The summed E-state index contributed by atoms with van der Waals surface area (Å²) in [6, 6.07) is 21.7.